The van der Waals surface area contributed by atoms with Crippen LogP contribution in [-0.2, 0) is 0 Å². The van der Waals surface area contributed by atoms with Crippen molar-refractivity contribution in [1.29, 1.82) is 0 Å². The van der Waals surface area contributed by atoms with Gasteiger partial charge in [0.2, 0.25) is 0 Å². The normalized spacial score (nSPS) is 25.3. The molecule has 3 heteroatoms. The molecule has 2 heterocycles. The minimum absolute atomic E-state index is 0.544. The van der Waals surface area contributed by atoms with E-state index in [1.165, 1.54) is 18.6 Å². The first-order valence-corrected chi connectivity index (χ1v) is 5.93. The lowest BCUT2D eigenvalue weighted by molar-refractivity contribution is 0.137. The van der Waals surface area contributed by atoms with Gasteiger partial charge < -0.3 is 9.73 Å². The number of hydrogen-bond donors (Lipinski definition) is 1. The quantitative estimate of drug-likeness (QED) is 0.815. The second-order valence-electron chi connectivity index (χ2n) is 4.58. The third-order valence-corrected chi connectivity index (χ3v) is 3.45. The van der Waals surface area contributed by atoms with E-state index in [2.05, 4.69) is 16.3 Å². The van der Waals surface area contributed by atoms with Crippen molar-refractivity contribution in [3.05, 3.63) is 24.2 Å². The van der Waals surface area contributed by atoms with Crippen molar-refractivity contribution in [2.45, 2.75) is 18.9 Å². The molecular weight excluding hydrogens is 188 g/mol. The van der Waals surface area contributed by atoms with E-state index in [-0.39, 0.29) is 0 Å². The highest BCUT2D eigenvalue weighted by Gasteiger charge is 2.38. The van der Waals surface area contributed by atoms with E-state index in [4.69, 9.17) is 4.42 Å². The Balaban J connectivity index is 1.77. The molecule has 2 fully saturated rings. The summed E-state index contributed by atoms with van der Waals surface area (Å²) in [4.78, 5) is 2.58. The Kier molecular flexibility index (Phi) is 2.51. The van der Waals surface area contributed by atoms with E-state index in [1.54, 1.807) is 6.26 Å². The van der Waals surface area contributed by atoms with Gasteiger partial charge in [0.05, 0.1) is 12.3 Å². The standard InChI is InChI=1S/C12H18N2O/c1-2-11(15-9-1)12(10-3-4-10)14-7-5-13-6-8-14/h1-2,9-10,12-13H,3-8H2. The predicted molar refractivity (Wildman–Crippen MR) is 58.6 cm³/mol. The summed E-state index contributed by atoms with van der Waals surface area (Å²) >= 11 is 0. The van der Waals surface area contributed by atoms with Crippen LogP contribution < -0.4 is 5.32 Å². The molecule has 0 spiro atoms. The van der Waals surface area contributed by atoms with Crippen LogP contribution >= 0.6 is 0 Å². The molecule has 1 saturated carbocycles. The van der Waals surface area contributed by atoms with Gasteiger partial charge in [0, 0.05) is 26.2 Å². The Bertz CT molecular complexity index is 299. The van der Waals surface area contributed by atoms with Crippen molar-refractivity contribution in [3.63, 3.8) is 0 Å². The second-order valence-corrected chi connectivity index (χ2v) is 4.58. The van der Waals surface area contributed by atoms with E-state index in [0.29, 0.717) is 6.04 Å². The minimum Gasteiger partial charge on any atom is -0.468 e. The minimum atomic E-state index is 0.544. The predicted octanol–water partition coefficient (Wildman–Crippen LogP) is 1.64. The molecule has 1 aromatic rings. The molecule has 1 N–H and O–H groups in total. The van der Waals surface area contributed by atoms with Crippen LogP contribution in [0.3, 0.4) is 0 Å². The van der Waals surface area contributed by atoms with Crippen molar-refractivity contribution >= 4 is 0 Å². The maximum absolute atomic E-state index is 5.59. The lowest BCUT2D eigenvalue weighted by Crippen LogP contribution is -2.45. The second kappa shape index (κ2) is 3.99. The van der Waals surface area contributed by atoms with Crippen LogP contribution in [0.5, 0.6) is 0 Å². The lowest BCUT2D eigenvalue weighted by atomic mass is 10.1. The zero-order valence-corrected chi connectivity index (χ0v) is 8.98. The monoisotopic (exact) mass is 206 g/mol. The van der Waals surface area contributed by atoms with E-state index in [9.17, 15) is 0 Å². The highest BCUT2D eigenvalue weighted by molar-refractivity contribution is 5.09. The molecule has 82 valence electrons. The van der Waals surface area contributed by atoms with Gasteiger partial charge in [-0.1, -0.05) is 0 Å². The molecule has 1 saturated heterocycles. The van der Waals surface area contributed by atoms with Crippen LogP contribution in [-0.4, -0.2) is 31.1 Å². The maximum atomic E-state index is 5.59. The summed E-state index contributed by atoms with van der Waals surface area (Å²) < 4.78 is 5.59. The van der Waals surface area contributed by atoms with E-state index in [0.717, 1.165) is 32.1 Å². The molecule has 1 aliphatic carbocycles. The molecule has 0 bridgehead atoms. The van der Waals surface area contributed by atoms with Crippen molar-refractivity contribution in [1.82, 2.24) is 10.2 Å². The summed E-state index contributed by atoms with van der Waals surface area (Å²) in [5.41, 5.74) is 0. The first-order valence-electron chi connectivity index (χ1n) is 5.93. The van der Waals surface area contributed by atoms with Crippen molar-refractivity contribution in [2.75, 3.05) is 26.2 Å². The molecule has 15 heavy (non-hydrogen) atoms. The highest BCUT2D eigenvalue weighted by atomic mass is 16.3. The van der Waals surface area contributed by atoms with Crippen molar-refractivity contribution in [2.24, 2.45) is 5.92 Å². The molecule has 1 atom stereocenters. The van der Waals surface area contributed by atoms with Gasteiger partial charge in [-0.05, 0) is 30.9 Å². The van der Waals surface area contributed by atoms with Crippen molar-refractivity contribution in [3.8, 4) is 0 Å². The number of rotatable bonds is 3. The van der Waals surface area contributed by atoms with Crippen LogP contribution in [0.4, 0.5) is 0 Å². The fraction of sp³-hybridized carbons (Fsp3) is 0.667. The molecule has 1 aliphatic heterocycles. The van der Waals surface area contributed by atoms with Gasteiger partial charge in [-0.2, -0.15) is 0 Å². The van der Waals surface area contributed by atoms with Crippen molar-refractivity contribution < 1.29 is 4.42 Å². The largest absolute Gasteiger partial charge is 0.468 e. The summed E-state index contributed by atoms with van der Waals surface area (Å²) in [5.74, 6) is 2.01. The zero-order chi connectivity index (χ0) is 10.1. The van der Waals surface area contributed by atoms with Gasteiger partial charge in [-0.3, -0.25) is 4.90 Å². The first-order chi connectivity index (χ1) is 7.45. The Morgan fingerprint density at radius 1 is 1.33 bits per heavy atom. The average molecular weight is 206 g/mol. The zero-order valence-electron chi connectivity index (χ0n) is 8.98. The van der Waals surface area contributed by atoms with Gasteiger partial charge in [0.1, 0.15) is 5.76 Å². The maximum Gasteiger partial charge on any atom is 0.121 e. The SMILES string of the molecule is c1coc(C(C2CC2)N2CCNCC2)c1. The summed E-state index contributed by atoms with van der Waals surface area (Å²) in [5, 5.41) is 3.40. The Hall–Kier alpha value is -0.800. The number of piperazine rings is 1. The molecule has 0 radical (unpaired) electrons. The number of hydrogen-bond acceptors (Lipinski definition) is 3. The molecule has 0 amide bonds. The van der Waals surface area contributed by atoms with E-state index in [1.807, 2.05) is 6.07 Å². The number of nitrogens with one attached hydrogen (secondary N) is 1. The third kappa shape index (κ3) is 1.94. The van der Waals surface area contributed by atoms with Gasteiger partial charge in [0.15, 0.2) is 0 Å². The smallest absolute Gasteiger partial charge is 0.121 e. The van der Waals surface area contributed by atoms with Gasteiger partial charge >= 0.3 is 0 Å². The summed E-state index contributed by atoms with van der Waals surface area (Å²) in [6.45, 7) is 4.54. The Morgan fingerprint density at radius 3 is 2.73 bits per heavy atom. The third-order valence-electron chi connectivity index (χ3n) is 3.45. The van der Waals surface area contributed by atoms with Gasteiger partial charge in [-0.25, -0.2) is 0 Å². The lowest BCUT2D eigenvalue weighted by Gasteiger charge is -2.33. The van der Waals surface area contributed by atoms with E-state index < -0.39 is 0 Å². The van der Waals surface area contributed by atoms with Gasteiger partial charge in [0.25, 0.3) is 0 Å². The number of furan rings is 1. The molecule has 1 unspecified atom stereocenters. The summed E-state index contributed by atoms with van der Waals surface area (Å²) in [6, 6.07) is 4.68. The molecule has 0 aromatic carbocycles. The fourth-order valence-corrected chi connectivity index (χ4v) is 2.54. The molecular formula is C12H18N2O. The van der Waals surface area contributed by atoms with Crippen LogP contribution in [0, 0.1) is 5.92 Å². The average Bonchev–Trinajstić information content (AvgIpc) is 2.96. The van der Waals surface area contributed by atoms with Gasteiger partial charge in [-0.15, -0.1) is 0 Å². The number of nitrogens with zero attached hydrogens (tertiary/aromatic N) is 1. The van der Waals surface area contributed by atoms with Crippen LogP contribution in [0.2, 0.25) is 0 Å². The molecule has 1 aromatic heterocycles. The summed E-state index contributed by atoms with van der Waals surface area (Å²) in [6.07, 6.45) is 4.54. The van der Waals surface area contributed by atoms with E-state index >= 15 is 0 Å². The topological polar surface area (TPSA) is 28.4 Å². The molecule has 3 rings (SSSR count). The van der Waals surface area contributed by atoms with Crippen LogP contribution in [0.25, 0.3) is 0 Å². The molecule has 3 nitrogen and oxygen atoms in total. The van der Waals surface area contributed by atoms with Crippen LogP contribution in [0.15, 0.2) is 22.8 Å². The fourth-order valence-electron chi connectivity index (χ4n) is 2.54. The summed E-state index contributed by atoms with van der Waals surface area (Å²) in [7, 11) is 0. The Morgan fingerprint density at radius 2 is 2.13 bits per heavy atom. The highest BCUT2D eigenvalue weighted by Crippen LogP contribution is 2.44. The van der Waals surface area contributed by atoms with Crippen LogP contribution in [0.1, 0.15) is 24.6 Å². The first kappa shape index (κ1) is 9.43. The Labute approximate surface area is 90.4 Å². The molecule has 2 aliphatic rings.